The fraction of sp³-hybridized carbons (Fsp3) is 0.167. The highest BCUT2D eigenvalue weighted by atomic mass is 35.5. The van der Waals surface area contributed by atoms with Crippen molar-refractivity contribution in [1.29, 1.82) is 0 Å². The molecule has 82 valence electrons. The zero-order valence-electron chi connectivity index (χ0n) is 8.62. The average Bonchev–Trinajstić information content (AvgIpc) is 2.26. The summed E-state index contributed by atoms with van der Waals surface area (Å²) in [4.78, 5) is 21.2. The minimum atomic E-state index is 0.0407. The Kier molecular flexibility index (Phi) is 5.10. The van der Waals surface area contributed by atoms with Crippen LogP contribution in [0.15, 0.2) is 18.2 Å². The molecule has 0 atom stereocenters. The number of halogens is 1. The van der Waals surface area contributed by atoms with Gasteiger partial charge in [0.05, 0.1) is 10.8 Å². The molecule has 0 amide bonds. The number of thioether (sulfide) groups is 1. The van der Waals surface area contributed by atoms with Crippen molar-refractivity contribution in [3.63, 3.8) is 0 Å². The second kappa shape index (κ2) is 6.37. The maximum absolute atomic E-state index is 10.6. The minimum absolute atomic E-state index is 0.0407. The molecule has 0 aliphatic rings. The van der Waals surface area contributed by atoms with E-state index in [0.29, 0.717) is 22.6 Å². The molecule has 16 heavy (non-hydrogen) atoms. The quantitative estimate of drug-likeness (QED) is 0.600. The van der Waals surface area contributed by atoms with E-state index in [4.69, 9.17) is 11.6 Å². The van der Waals surface area contributed by atoms with Gasteiger partial charge in [-0.25, -0.2) is 0 Å². The van der Waals surface area contributed by atoms with Gasteiger partial charge in [0.2, 0.25) is 0 Å². The van der Waals surface area contributed by atoms with Crippen LogP contribution in [-0.4, -0.2) is 17.2 Å². The number of benzene rings is 1. The standard InChI is InChI=1S/C12H9ClO2S/c1-9(15)16-6-2-3-10-4-5-12(13)11(7-10)8-14/h4-5,7-8H,6H2,1H3. The van der Waals surface area contributed by atoms with Crippen LogP contribution in [0.3, 0.4) is 0 Å². The van der Waals surface area contributed by atoms with Gasteiger partial charge >= 0.3 is 0 Å². The summed E-state index contributed by atoms with van der Waals surface area (Å²) in [5, 5.41) is 0.456. The Balaban J connectivity index is 2.74. The van der Waals surface area contributed by atoms with E-state index >= 15 is 0 Å². The van der Waals surface area contributed by atoms with Crippen LogP contribution in [0.25, 0.3) is 0 Å². The van der Waals surface area contributed by atoms with Crippen molar-refractivity contribution in [1.82, 2.24) is 0 Å². The molecule has 0 saturated heterocycles. The number of carbonyl (C=O) groups excluding carboxylic acids is 2. The lowest BCUT2D eigenvalue weighted by atomic mass is 10.1. The molecule has 1 aromatic rings. The highest BCUT2D eigenvalue weighted by Gasteiger charge is 1.98. The van der Waals surface area contributed by atoms with E-state index in [-0.39, 0.29) is 5.12 Å². The summed E-state index contributed by atoms with van der Waals surface area (Å²) in [5.74, 6) is 6.15. The molecule has 2 nitrogen and oxygen atoms in total. The maximum atomic E-state index is 10.6. The molecule has 1 rings (SSSR count). The molecule has 0 N–H and O–H groups in total. The zero-order valence-corrected chi connectivity index (χ0v) is 10.2. The molecule has 0 aliphatic carbocycles. The summed E-state index contributed by atoms with van der Waals surface area (Å²) >= 11 is 6.93. The average molecular weight is 253 g/mol. The summed E-state index contributed by atoms with van der Waals surface area (Å²) < 4.78 is 0. The molecule has 0 saturated carbocycles. The molecule has 0 unspecified atom stereocenters. The Labute approximate surface area is 103 Å². The minimum Gasteiger partial charge on any atom is -0.298 e. The van der Waals surface area contributed by atoms with E-state index in [0.717, 1.165) is 17.3 Å². The first-order chi connectivity index (χ1) is 7.63. The first-order valence-electron chi connectivity index (χ1n) is 4.50. The first-order valence-corrected chi connectivity index (χ1v) is 5.87. The summed E-state index contributed by atoms with van der Waals surface area (Å²) in [7, 11) is 0. The van der Waals surface area contributed by atoms with Crippen LogP contribution in [0.5, 0.6) is 0 Å². The Morgan fingerprint density at radius 2 is 2.31 bits per heavy atom. The largest absolute Gasteiger partial charge is 0.298 e. The third-order valence-corrected chi connectivity index (χ3v) is 2.74. The van der Waals surface area contributed by atoms with Crippen LogP contribution in [0.4, 0.5) is 0 Å². The molecule has 0 radical (unpaired) electrons. The van der Waals surface area contributed by atoms with Crippen molar-refractivity contribution in [2.75, 3.05) is 5.75 Å². The Hall–Kier alpha value is -1.24. The molecule has 0 heterocycles. The maximum Gasteiger partial charge on any atom is 0.186 e. The van der Waals surface area contributed by atoms with Gasteiger partial charge in [0.25, 0.3) is 0 Å². The highest BCUT2D eigenvalue weighted by molar-refractivity contribution is 8.13. The lowest BCUT2D eigenvalue weighted by Gasteiger charge is -1.95. The summed E-state index contributed by atoms with van der Waals surface area (Å²) in [6.45, 7) is 1.50. The summed E-state index contributed by atoms with van der Waals surface area (Å²) in [5.41, 5.74) is 1.14. The van der Waals surface area contributed by atoms with E-state index in [1.54, 1.807) is 18.2 Å². The Morgan fingerprint density at radius 1 is 1.56 bits per heavy atom. The Bertz CT molecular complexity index is 472. The van der Waals surface area contributed by atoms with Crippen LogP contribution >= 0.6 is 23.4 Å². The van der Waals surface area contributed by atoms with Gasteiger partial charge in [-0.1, -0.05) is 35.2 Å². The van der Waals surface area contributed by atoms with Gasteiger partial charge in [-0.2, -0.15) is 0 Å². The van der Waals surface area contributed by atoms with Crippen molar-refractivity contribution in [3.8, 4) is 11.8 Å². The zero-order chi connectivity index (χ0) is 12.0. The normalized spacial score (nSPS) is 9.12. The second-order valence-electron chi connectivity index (χ2n) is 2.94. The van der Waals surface area contributed by atoms with Crippen molar-refractivity contribution in [2.24, 2.45) is 0 Å². The third kappa shape index (κ3) is 4.09. The number of carbonyl (C=O) groups is 2. The molecule has 0 aliphatic heterocycles. The van der Waals surface area contributed by atoms with E-state index in [1.807, 2.05) is 0 Å². The van der Waals surface area contributed by atoms with Crippen LogP contribution in [-0.2, 0) is 4.79 Å². The number of hydrogen-bond acceptors (Lipinski definition) is 3. The molecular weight excluding hydrogens is 244 g/mol. The van der Waals surface area contributed by atoms with Gasteiger partial charge in [0.1, 0.15) is 0 Å². The van der Waals surface area contributed by atoms with Crippen LogP contribution in [0, 0.1) is 11.8 Å². The van der Waals surface area contributed by atoms with Crippen molar-refractivity contribution < 1.29 is 9.59 Å². The first kappa shape index (κ1) is 12.8. The van der Waals surface area contributed by atoms with Crippen molar-refractivity contribution in [2.45, 2.75) is 6.92 Å². The highest BCUT2D eigenvalue weighted by Crippen LogP contribution is 2.15. The Morgan fingerprint density at radius 3 is 2.94 bits per heavy atom. The lowest BCUT2D eigenvalue weighted by Crippen LogP contribution is -1.85. The van der Waals surface area contributed by atoms with Crippen molar-refractivity contribution >= 4 is 34.8 Å². The SMILES string of the molecule is CC(=O)SCC#Cc1ccc(Cl)c(C=O)c1. The molecule has 0 aromatic heterocycles. The van der Waals surface area contributed by atoms with Gasteiger partial charge in [-0.15, -0.1) is 0 Å². The molecule has 0 bridgehead atoms. The van der Waals surface area contributed by atoms with E-state index in [9.17, 15) is 9.59 Å². The lowest BCUT2D eigenvalue weighted by molar-refractivity contribution is -0.109. The second-order valence-corrected chi connectivity index (χ2v) is 4.50. The third-order valence-electron chi connectivity index (χ3n) is 1.70. The predicted molar refractivity (Wildman–Crippen MR) is 66.9 cm³/mol. The monoisotopic (exact) mass is 252 g/mol. The van der Waals surface area contributed by atoms with Gasteiger partial charge < -0.3 is 0 Å². The van der Waals surface area contributed by atoms with E-state index < -0.39 is 0 Å². The predicted octanol–water partition coefficient (Wildman–Crippen LogP) is 2.78. The summed E-state index contributed by atoms with van der Waals surface area (Å²) in [6.07, 6.45) is 0.692. The fourth-order valence-electron chi connectivity index (χ4n) is 0.988. The van der Waals surface area contributed by atoms with Gasteiger partial charge in [-0.05, 0) is 18.2 Å². The fourth-order valence-corrected chi connectivity index (χ4v) is 1.50. The molecular formula is C12H9ClO2S. The van der Waals surface area contributed by atoms with Gasteiger partial charge in [0.15, 0.2) is 11.4 Å². The molecule has 1 aromatic carbocycles. The van der Waals surface area contributed by atoms with Crippen molar-refractivity contribution in [3.05, 3.63) is 34.3 Å². The number of rotatable bonds is 2. The molecule has 0 spiro atoms. The number of hydrogen-bond donors (Lipinski definition) is 0. The van der Waals surface area contributed by atoms with Crippen LogP contribution in [0.1, 0.15) is 22.8 Å². The summed E-state index contributed by atoms with van der Waals surface area (Å²) in [6, 6.07) is 4.99. The topological polar surface area (TPSA) is 34.1 Å². The van der Waals surface area contributed by atoms with Crippen LogP contribution in [0.2, 0.25) is 5.02 Å². The molecule has 0 fully saturated rings. The van der Waals surface area contributed by atoms with Gasteiger partial charge in [0, 0.05) is 18.1 Å². The molecule has 4 heteroatoms. The smallest absolute Gasteiger partial charge is 0.186 e. The van der Waals surface area contributed by atoms with Crippen LogP contribution < -0.4 is 0 Å². The van der Waals surface area contributed by atoms with E-state index in [2.05, 4.69) is 11.8 Å². The van der Waals surface area contributed by atoms with E-state index in [1.165, 1.54) is 6.92 Å². The number of aldehydes is 1. The van der Waals surface area contributed by atoms with Gasteiger partial charge in [-0.3, -0.25) is 9.59 Å².